The molecule has 1 rings (SSSR count). The van der Waals surface area contributed by atoms with Gasteiger partial charge in [0, 0.05) is 25.6 Å². The molecule has 1 fully saturated rings. The van der Waals surface area contributed by atoms with Gasteiger partial charge in [-0.15, -0.1) is 0 Å². The maximum absolute atomic E-state index is 11.9. The maximum Gasteiger partial charge on any atom is 0.225 e. The number of ether oxygens (including phenoxy) is 1. The molecule has 0 aliphatic carbocycles. The molecule has 1 aliphatic heterocycles. The van der Waals surface area contributed by atoms with E-state index in [4.69, 9.17) is 4.74 Å². The highest BCUT2D eigenvalue weighted by molar-refractivity contribution is 5.82. The van der Waals surface area contributed by atoms with Gasteiger partial charge in [0.2, 0.25) is 5.91 Å². The van der Waals surface area contributed by atoms with E-state index < -0.39 is 0 Å². The Kier molecular flexibility index (Phi) is 4.11. The van der Waals surface area contributed by atoms with Crippen LogP contribution in [-0.2, 0) is 9.53 Å². The number of carbonyl (C=O) groups excluding carboxylic acids is 1. The van der Waals surface area contributed by atoms with Crippen LogP contribution in [0.1, 0.15) is 27.2 Å². The molecule has 2 N–H and O–H groups in total. The number of hydrogen-bond acceptors (Lipinski definition) is 3. The number of nitrogens with one attached hydrogen (secondary N) is 2. The van der Waals surface area contributed by atoms with Gasteiger partial charge in [-0.05, 0) is 6.42 Å². The first kappa shape index (κ1) is 12.5. The molecule has 15 heavy (non-hydrogen) atoms. The zero-order valence-corrected chi connectivity index (χ0v) is 10.1. The number of amides is 1. The van der Waals surface area contributed by atoms with Crippen molar-refractivity contribution < 1.29 is 9.53 Å². The van der Waals surface area contributed by atoms with Gasteiger partial charge in [0.25, 0.3) is 0 Å². The van der Waals surface area contributed by atoms with E-state index >= 15 is 0 Å². The second-order valence-electron chi connectivity index (χ2n) is 4.75. The SMILES string of the molecule is CCC(C)(C)C(=O)N[C@H]1CNC[C@@H]1OC. The molecule has 0 radical (unpaired) electrons. The van der Waals surface area contributed by atoms with E-state index in [0.717, 1.165) is 19.5 Å². The third-order valence-electron chi connectivity index (χ3n) is 3.28. The van der Waals surface area contributed by atoms with Crippen molar-refractivity contribution in [3.05, 3.63) is 0 Å². The Morgan fingerprint density at radius 3 is 2.73 bits per heavy atom. The van der Waals surface area contributed by atoms with Crippen LogP contribution < -0.4 is 10.6 Å². The molecule has 0 aromatic heterocycles. The van der Waals surface area contributed by atoms with Crippen molar-refractivity contribution in [2.75, 3.05) is 20.2 Å². The minimum Gasteiger partial charge on any atom is -0.378 e. The maximum atomic E-state index is 11.9. The highest BCUT2D eigenvalue weighted by Crippen LogP contribution is 2.20. The predicted molar refractivity (Wildman–Crippen MR) is 59.7 cm³/mol. The molecule has 2 atom stereocenters. The fourth-order valence-corrected chi connectivity index (χ4v) is 1.57. The van der Waals surface area contributed by atoms with Crippen molar-refractivity contribution in [3.63, 3.8) is 0 Å². The molecule has 0 aromatic rings. The molecular weight excluding hydrogens is 192 g/mol. The molecule has 0 unspecified atom stereocenters. The summed E-state index contributed by atoms with van der Waals surface area (Å²) in [7, 11) is 1.68. The monoisotopic (exact) mass is 214 g/mol. The average molecular weight is 214 g/mol. The number of hydrogen-bond donors (Lipinski definition) is 2. The summed E-state index contributed by atoms with van der Waals surface area (Å²) in [5.41, 5.74) is -0.291. The van der Waals surface area contributed by atoms with Gasteiger partial charge in [-0.1, -0.05) is 20.8 Å². The lowest BCUT2D eigenvalue weighted by Gasteiger charge is -2.26. The van der Waals surface area contributed by atoms with Crippen LogP contribution in [0.15, 0.2) is 0 Å². The van der Waals surface area contributed by atoms with Crippen LogP contribution >= 0.6 is 0 Å². The van der Waals surface area contributed by atoms with Crippen LogP contribution in [0.25, 0.3) is 0 Å². The Bertz CT molecular complexity index is 229. The van der Waals surface area contributed by atoms with Gasteiger partial charge in [-0.2, -0.15) is 0 Å². The van der Waals surface area contributed by atoms with Crippen molar-refractivity contribution in [1.82, 2.24) is 10.6 Å². The second kappa shape index (κ2) is 4.94. The zero-order valence-electron chi connectivity index (χ0n) is 10.1. The number of rotatable bonds is 4. The van der Waals surface area contributed by atoms with E-state index in [2.05, 4.69) is 10.6 Å². The summed E-state index contributed by atoms with van der Waals surface area (Å²) in [6, 6.07) is 0.105. The molecule has 0 bridgehead atoms. The average Bonchev–Trinajstić information content (AvgIpc) is 2.65. The lowest BCUT2D eigenvalue weighted by atomic mass is 9.89. The van der Waals surface area contributed by atoms with Crippen molar-refractivity contribution in [3.8, 4) is 0 Å². The largest absolute Gasteiger partial charge is 0.378 e. The van der Waals surface area contributed by atoms with E-state index in [1.165, 1.54) is 0 Å². The topological polar surface area (TPSA) is 50.4 Å². The Hall–Kier alpha value is -0.610. The first-order valence-electron chi connectivity index (χ1n) is 5.55. The molecule has 0 aromatic carbocycles. The van der Waals surface area contributed by atoms with Gasteiger partial charge in [0.15, 0.2) is 0 Å². The lowest BCUT2D eigenvalue weighted by Crippen LogP contribution is -2.48. The molecule has 88 valence electrons. The summed E-state index contributed by atoms with van der Waals surface area (Å²) in [5.74, 6) is 0.112. The molecule has 0 spiro atoms. The molecule has 1 amide bonds. The van der Waals surface area contributed by atoms with E-state index in [9.17, 15) is 4.79 Å². The molecule has 4 nitrogen and oxygen atoms in total. The first-order valence-corrected chi connectivity index (χ1v) is 5.55. The smallest absolute Gasteiger partial charge is 0.225 e. The van der Waals surface area contributed by atoms with Gasteiger partial charge in [-0.3, -0.25) is 4.79 Å². The Morgan fingerprint density at radius 1 is 1.53 bits per heavy atom. The van der Waals surface area contributed by atoms with Crippen molar-refractivity contribution in [2.24, 2.45) is 5.41 Å². The van der Waals surface area contributed by atoms with E-state index in [0.29, 0.717) is 0 Å². The van der Waals surface area contributed by atoms with Crippen LogP contribution in [0.2, 0.25) is 0 Å². The van der Waals surface area contributed by atoms with Crippen molar-refractivity contribution in [1.29, 1.82) is 0 Å². The van der Waals surface area contributed by atoms with Gasteiger partial charge < -0.3 is 15.4 Å². The fourth-order valence-electron chi connectivity index (χ4n) is 1.57. The minimum absolute atomic E-state index is 0.0987. The van der Waals surface area contributed by atoms with Gasteiger partial charge >= 0.3 is 0 Å². The third-order valence-corrected chi connectivity index (χ3v) is 3.28. The molecule has 1 heterocycles. The Balaban J connectivity index is 2.51. The summed E-state index contributed by atoms with van der Waals surface area (Å²) in [4.78, 5) is 11.9. The highest BCUT2D eigenvalue weighted by atomic mass is 16.5. The van der Waals surface area contributed by atoms with Crippen LogP contribution in [-0.4, -0.2) is 38.3 Å². The fraction of sp³-hybridized carbons (Fsp3) is 0.909. The van der Waals surface area contributed by atoms with Gasteiger partial charge in [0.05, 0.1) is 12.1 Å². The normalized spacial score (nSPS) is 26.7. The number of methoxy groups -OCH3 is 1. The van der Waals surface area contributed by atoms with Gasteiger partial charge in [-0.25, -0.2) is 0 Å². The predicted octanol–water partition coefficient (Wildman–Crippen LogP) is 0.526. The summed E-state index contributed by atoms with van der Waals surface area (Å²) in [6.45, 7) is 7.57. The minimum atomic E-state index is -0.291. The van der Waals surface area contributed by atoms with E-state index in [-0.39, 0.29) is 23.5 Å². The van der Waals surface area contributed by atoms with Crippen LogP contribution in [0.5, 0.6) is 0 Å². The van der Waals surface area contributed by atoms with E-state index in [1.807, 2.05) is 20.8 Å². The van der Waals surface area contributed by atoms with Crippen LogP contribution in [0.3, 0.4) is 0 Å². The quantitative estimate of drug-likeness (QED) is 0.717. The second-order valence-corrected chi connectivity index (χ2v) is 4.75. The highest BCUT2D eigenvalue weighted by Gasteiger charge is 2.32. The first-order chi connectivity index (χ1) is 7.01. The molecule has 0 saturated carbocycles. The summed E-state index contributed by atoms with van der Waals surface area (Å²) in [6.07, 6.45) is 0.943. The van der Waals surface area contributed by atoms with Gasteiger partial charge in [0.1, 0.15) is 0 Å². The van der Waals surface area contributed by atoms with Crippen molar-refractivity contribution >= 4 is 5.91 Å². The molecule has 1 saturated heterocycles. The molecule has 4 heteroatoms. The zero-order chi connectivity index (χ0) is 11.5. The summed E-state index contributed by atoms with van der Waals surface area (Å²) < 4.78 is 5.29. The summed E-state index contributed by atoms with van der Waals surface area (Å²) >= 11 is 0. The third kappa shape index (κ3) is 2.92. The Labute approximate surface area is 91.8 Å². The standard InChI is InChI=1S/C11H22N2O2/c1-5-11(2,3)10(14)13-8-6-12-7-9(8)15-4/h8-9,12H,5-7H2,1-4H3,(H,13,14)/t8-,9-/m0/s1. The van der Waals surface area contributed by atoms with Crippen LogP contribution in [0, 0.1) is 5.41 Å². The van der Waals surface area contributed by atoms with E-state index in [1.54, 1.807) is 7.11 Å². The Morgan fingerprint density at radius 2 is 2.20 bits per heavy atom. The molecular formula is C11H22N2O2. The van der Waals surface area contributed by atoms with Crippen LogP contribution in [0.4, 0.5) is 0 Å². The van der Waals surface area contributed by atoms with Crippen molar-refractivity contribution in [2.45, 2.75) is 39.3 Å². The molecule has 1 aliphatic rings. The summed E-state index contributed by atoms with van der Waals surface area (Å²) in [5, 5.41) is 6.25. The number of carbonyl (C=O) groups is 1. The lowest BCUT2D eigenvalue weighted by molar-refractivity contribution is -0.130.